The van der Waals surface area contributed by atoms with Crippen molar-refractivity contribution in [3.8, 4) is 6.07 Å². The Labute approximate surface area is 146 Å². The third kappa shape index (κ3) is 3.22. The fourth-order valence-electron chi connectivity index (χ4n) is 2.64. The van der Waals surface area contributed by atoms with Crippen LogP contribution in [0.4, 0.5) is 5.82 Å². The third-order valence-corrected chi connectivity index (χ3v) is 6.07. The number of aromatic nitrogens is 1. The molecule has 2 heterocycles. The Morgan fingerprint density at radius 2 is 1.88 bits per heavy atom. The number of nitriles is 1. The van der Waals surface area contributed by atoms with E-state index in [0.717, 1.165) is 5.82 Å². The van der Waals surface area contributed by atoms with Crippen molar-refractivity contribution in [2.45, 2.75) is 4.90 Å². The zero-order chi connectivity index (χ0) is 17.2. The maximum Gasteiger partial charge on any atom is 0.244 e. The molecule has 8 heteroatoms. The van der Waals surface area contributed by atoms with E-state index < -0.39 is 10.0 Å². The molecule has 3 rings (SSSR count). The van der Waals surface area contributed by atoms with Gasteiger partial charge in [-0.2, -0.15) is 9.57 Å². The summed E-state index contributed by atoms with van der Waals surface area (Å²) in [4.78, 5) is 6.28. The van der Waals surface area contributed by atoms with E-state index in [1.807, 2.05) is 29.2 Å². The lowest BCUT2D eigenvalue weighted by Gasteiger charge is -2.34. The monoisotopic (exact) mass is 362 g/mol. The maximum atomic E-state index is 12.8. The summed E-state index contributed by atoms with van der Waals surface area (Å²) in [6, 6.07) is 11.8. The molecule has 0 aliphatic carbocycles. The van der Waals surface area contributed by atoms with Crippen molar-refractivity contribution in [2.75, 3.05) is 31.1 Å². The molecule has 0 N–H and O–H groups in total. The highest BCUT2D eigenvalue weighted by atomic mass is 35.5. The highest BCUT2D eigenvalue weighted by molar-refractivity contribution is 7.89. The van der Waals surface area contributed by atoms with Gasteiger partial charge in [-0.05, 0) is 30.3 Å². The van der Waals surface area contributed by atoms with E-state index >= 15 is 0 Å². The smallest absolute Gasteiger partial charge is 0.244 e. The van der Waals surface area contributed by atoms with Crippen molar-refractivity contribution in [1.29, 1.82) is 5.26 Å². The summed E-state index contributed by atoms with van der Waals surface area (Å²) in [6.45, 7) is 1.74. The van der Waals surface area contributed by atoms with Gasteiger partial charge in [-0.15, -0.1) is 0 Å². The normalized spacial score (nSPS) is 15.9. The average molecular weight is 363 g/mol. The summed E-state index contributed by atoms with van der Waals surface area (Å²) in [5.41, 5.74) is 0.103. The van der Waals surface area contributed by atoms with Gasteiger partial charge in [-0.3, -0.25) is 0 Å². The Morgan fingerprint density at radius 3 is 2.50 bits per heavy atom. The highest BCUT2D eigenvalue weighted by Gasteiger charge is 2.30. The molecule has 1 fully saturated rings. The van der Waals surface area contributed by atoms with Gasteiger partial charge in [0.25, 0.3) is 0 Å². The third-order valence-electron chi connectivity index (χ3n) is 3.89. The molecular formula is C16H15ClN4O2S. The van der Waals surface area contributed by atoms with Crippen LogP contribution < -0.4 is 4.90 Å². The zero-order valence-corrected chi connectivity index (χ0v) is 14.3. The number of piperazine rings is 1. The van der Waals surface area contributed by atoms with Crippen LogP contribution in [-0.4, -0.2) is 43.9 Å². The second kappa shape index (κ2) is 6.77. The fourth-order valence-corrected chi connectivity index (χ4v) is 4.47. The number of anilines is 1. The Kier molecular flexibility index (Phi) is 4.71. The lowest BCUT2D eigenvalue weighted by molar-refractivity contribution is 0.383. The summed E-state index contributed by atoms with van der Waals surface area (Å²) in [5, 5.41) is 9.46. The van der Waals surface area contributed by atoms with Crippen molar-refractivity contribution in [2.24, 2.45) is 0 Å². The van der Waals surface area contributed by atoms with Crippen LogP contribution in [0.25, 0.3) is 0 Å². The summed E-state index contributed by atoms with van der Waals surface area (Å²) in [5.74, 6) is 0.829. The molecule has 1 aliphatic rings. The van der Waals surface area contributed by atoms with Crippen LogP contribution in [0, 0.1) is 11.3 Å². The molecule has 1 saturated heterocycles. The van der Waals surface area contributed by atoms with E-state index in [1.165, 1.54) is 22.5 Å². The Balaban J connectivity index is 1.81. The number of rotatable bonds is 3. The van der Waals surface area contributed by atoms with Crippen LogP contribution in [-0.2, 0) is 10.0 Å². The van der Waals surface area contributed by atoms with E-state index in [2.05, 4.69) is 4.98 Å². The standard InChI is InChI=1S/C16H15ClN4O2S/c17-14-5-4-13(12-18)15(11-14)24(22,23)21-9-7-20(8-10-21)16-3-1-2-6-19-16/h1-6,11H,7-10H2. The van der Waals surface area contributed by atoms with Gasteiger partial charge in [0.05, 0.1) is 5.56 Å². The molecule has 6 nitrogen and oxygen atoms in total. The van der Waals surface area contributed by atoms with Crippen LogP contribution in [0.2, 0.25) is 5.02 Å². The lowest BCUT2D eigenvalue weighted by atomic mass is 10.2. The molecule has 124 valence electrons. The van der Waals surface area contributed by atoms with Gasteiger partial charge in [0, 0.05) is 37.4 Å². The molecule has 0 radical (unpaired) electrons. The van der Waals surface area contributed by atoms with Crippen molar-refractivity contribution in [3.63, 3.8) is 0 Å². The molecule has 0 bridgehead atoms. The van der Waals surface area contributed by atoms with Gasteiger partial charge in [0.1, 0.15) is 16.8 Å². The van der Waals surface area contributed by atoms with E-state index in [9.17, 15) is 8.42 Å². The molecule has 2 aromatic rings. The zero-order valence-electron chi connectivity index (χ0n) is 12.8. The Bertz CT molecular complexity index is 873. The molecule has 1 aromatic carbocycles. The molecule has 0 unspecified atom stereocenters. The number of nitrogens with zero attached hydrogens (tertiary/aromatic N) is 4. The number of hydrogen-bond donors (Lipinski definition) is 0. The molecule has 1 aromatic heterocycles. The molecule has 0 saturated carbocycles. The average Bonchev–Trinajstić information content (AvgIpc) is 2.62. The Morgan fingerprint density at radius 1 is 1.12 bits per heavy atom. The largest absolute Gasteiger partial charge is 0.354 e. The molecule has 1 aliphatic heterocycles. The topological polar surface area (TPSA) is 77.3 Å². The minimum Gasteiger partial charge on any atom is -0.354 e. The van der Waals surface area contributed by atoms with Crippen LogP contribution in [0.5, 0.6) is 0 Å². The van der Waals surface area contributed by atoms with Crippen molar-refractivity contribution >= 4 is 27.4 Å². The molecular weight excluding hydrogens is 348 g/mol. The van der Waals surface area contributed by atoms with Gasteiger partial charge < -0.3 is 4.90 Å². The molecule has 0 amide bonds. The predicted octanol–water partition coefficient (Wildman–Crippen LogP) is 2.12. The minimum absolute atomic E-state index is 0.0382. The molecule has 0 atom stereocenters. The highest BCUT2D eigenvalue weighted by Crippen LogP contribution is 2.25. The lowest BCUT2D eigenvalue weighted by Crippen LogP contribution is -2.49. The van der Waals surface area contributed by atoms with Crippen molar-refractivity contribution in [3.05, 3.63) is 53.2 Å². The summed E-state index contributed by atoms with van der Waals surface area (Å²) in [7, 11) is -3.75. The van der Waals surface area contributed by atoms with Gasteiger partial charge >= 0.3 is 0 Å². The quantitative estimate of drug-likeness (QED) is 0.835. The fraction of sp³-hybridized carbons (Fsp3) is 0.250. The van der Waals surface area contributed by atoms with Crippen LogP contribution in [0.15, 0.2) is 47.5 Å². The first-order valence-corrected chi connectivity index (χ1v) is 9.20. The number of sulfonamides is 1. The van der Waals surface area contributed by atoms with E-state index in [4.69, 9.17) is 16.9 Å². The second-order valence-electron chi connectivity index (χ2n) is 5.33. The van der Waals surface area contributed by atoms with Gasteiger partial charge in [-0.1, -0.05) is 17.7 Å². The second-order valence-corrected chi connectivity index (χ2v) is 7.67. The van der Waals surface area contributed by atoms with E-state index in [1.54, 1.807) is 6.20 Å². The Hall–Kier alpha value is -2.14. The summed E-state index contributed by atoms with van der Waals surface area (Å²) >= 11 is 5.91. The van der Waals surface area contributed by atoms with E-state index in [0.29, 0.717) is 31.2 Å². The first kappa shape index (κ1) is 16.7. The van der Waals surface area contributed by atoms with Crippen LogP contribution >= 0.6 is 11.6 Å². The van der Waals surface area contributed by atoms with Crippen LogP contribution in [0.1, 0.15) is 5.56 Å². The van der Waals surface area contributed by atoms with Crippen LogP contribution in [0.3, 0.4) is 0 Å². The first-order chi connectivity index (χ1) is 11.5. The van der Waals surface area contributed by atoms with Gasteiger partial charge in [-0.25, -0.2) is 13.4 Å². The maximum absolute atomic E-state index is 12.8. The van der Waals surface area contributed by atoms with Gasteiger partial charge in [0.2, 0.25) is 10.0 Å². The SMILES string of the molecule is N#Cc1ccc(Cl)cc1S(=O)(=O)N1CCN(c2ccccn2)CC1. The number of hydrogen-bond acceptors (Lipinski definition) is 5. The van der Waals surface area contributed by atoms with E-state index in [-0.39, 0.29) is 10.5 Å². The van der Waals surface area contributed by atoms with Crippen molar-refractivity contribution < 1.29 is 8.42 Å². The number of benzene rings is 1. The molecule has 24 heavy (non-hydrogen) atoms. The number of pyridine rings is 1. The summed E-state index contributed by atoms with van der Waals surface area (Å²) in [6.07, 6.45) is 1.71. The predicted molar refractivity (Wildman–Crippen MR) is 91.4 cm³/mol. The molecule has 0 spiro atoms. The minimum atomic E-state index is -3.75. The van der Waals surface area contributed by atoms with Crippen molar-refractivity contribution in [1.82, 2.24) is 9.29 Å². The number of halogens is 1. The van der Waals surface area contributed by atoms with Gasteiger partial charge in [0.15, 0.2) is 0 Å². The first-order valence-electron chi connectivity index (χ1n) is 7.38. The summed E-state index contributed by atoms with van der Waals surface area (Å²) < 4.78 is 27.1.